The lowest BCUT2D eigenvalue weighted by molar-refractivity contribution is -0.140. The zero-order chi connectivity index (χ0) is 17.3. The lowest BCUT2D eigenvalue weighted by atomic mass is 9.75. The van der Waals surface area contributed by atoms with Crippen molar-refractivity contribution in [1.29, 1.82) is 0 Å². The van der Waals surface area contributed by atoms with Crippen LogP contribution in [0.3, 0.4) is 0 Å². The first-order valence-electron chi connectivity index (χ1n) is 9.12. The molecule has 134 valence electrons. The van der Waals surface area contributed by atoms with Crippen LogP contribution in [0.5, 0.6) is 0 Å². The number of likely N-dealkylation sites (tertiary alicyclic amines) is 1. The Kier molecular flexibility index (Phi) is 4.80. The fourth-order valence-corrected chi connectivity index (χ4v) is 4.12. The second kappa shape index (κ2) is 6.70. The van der Waals surface area contributed by atoms with Crippen molar-refractivity contribution in [3.63, 3.8) is 0 Å². The average Bonchev–Trinajstić information content (AvgIpc) is 2.80. The summed E-state index contributed by atoms with van der Waals surface area (Å²) in [4.78, 5) is 40.4. The number of piperidine rings is 1. The van der Waals surface area contributed by atoms with Crippen LogP contribution >= 0.6 is 0 Å². The monoisotopic (exact) mass is 336 g/mol. The van der Waals surface area contributed by atoms with E-state index in [1.54, 1.807) is 4.90 Å². The minimum absolute atomic E-state index is 0.141. The number of carbonyl (C=O) groups is 3. The number of carbonyl (C=O) groups excluding carboxylic acids is 3. The third-order valence-corrected chi connectivity index (χ3v) is 5.97. The molecule has 7 nitrogen and oxygen atoms in total. The van der Waals surface area contributed by atoms with E-state index in [9.17, 15) is 14.4 Å². The maximum Gasteiger partial charge on any atom is 0.325 e. The molecule has 0 aromatic rings. The Balaban J connectivity index is 1.61. The molecule has 0 atom stereocenters. The molecule has 0 unspecified atom stereocenters. The van der Waals surface area contributed by atoms with E-state index in [1.165, 1.54) is 0 Å². The molecule has 3 N–H and O–H groups in total. The Labute approximate surface area is 142 Å². The molecular weight excluding hydrogens is 308 g/mol. The van der Waals surface area contributed by atoms with Crippen LogP contribution in [0.4, 0.5) is 4.79 Å². The lowest BCUT2D eigenvalue weighted by Crippen LogP contribution is -2.51. The van der Waals surface area contributed by atoms with E-state index >= 15 is 0 Å². The molecule has 0 aromatic heterocycles. The number of hydrogen-bond acceptors (Lipinski definition) is 4. The highest BCUT2D eigenvalue weighted by Gasteiger charge is 2.52. The molecule has 3 rings (SSSR count). The van der Waals surface area contributed by atoms with Gasteiger partial charge in [0, 0.05) is 19.1 Å². The molecule has 2 heterocycles. The number of imide groups is 1. The van der Waals surface area contributed by atoms with Crippen LogP contribution in [0, 0.1) is 5.92 Å². The van der Waals surface area contributed by atoms with Crippen LogP contribution in [-0.4, -0.2) is 58.9 Å². The van der Waals surface area contributed by atoms with Crippen LogP contribution in [0.2, 0.25) is 0 Å². The summed E-state index contributed by atoms with van der Waals surface area (Å²) in [5, 5.41) is 2.88. The maximum absolute atomic E-state index is 12.8. The van der Waals surface area contributed by atoms with Crippen molar-refractivity contribution in [2.45, 2.75) is 63.5 Å². The van der Waals surface area contributed by atoms with E-state index in [0.29, 0.717) is 31.8 Å². The standard InChI is InChI=1S/C17H28N4O3/c1-2-12-3-7-17(8-4-12)15(23)21(16(24)19-17)11-14(22)20-9-5-13(18)6-10-20/h12-13H,2-11,18H2,1H3,(H,19,24). The van der Waals surface area contributed by atoms with Crippen molar-refractivity contribution in [3.8, 4) is 0 Å². The summed E-state index contributed by atoms with van der Waals surface area (Å²) in [6, 6.07) is -0.278. The van der Waals surface area contributed by atoms with E-state index in [4.69, 9.17) is 5.73 Å². The van der Waals surface area contributed by atoms with Gasteiger partial charge in [-0.15, -0.1) is 0 Å². The highest BCUT2D eigenvalue weighted by molar-refractivity contribution is 6.09. The number of hydrogen-bond donors (Lipinski definition) is 2. The summed E-state index contributed by atoms with van der Waals surface area (Å²) in [7, 11) is 0. The molecular formula is C17H28N4O3. The van der Waals surface area contributed by atoms with Crippen molar-refractivity contribution in [2.24, 2.45) is 11.7 Å². The van der Waals surface area contributed by atoms with Gasteiger partial charge in [-0.3, -0.25) is 14.5 Å². The third kappa shape index (κ3) is 3.14. The fraction of sp³-hybridized carbons (Fsp3) is 0.824. The molecule has 24 heavy (non-hydrogen) atoms. The normalized spacial score (nSPS) is 31.7. The Morgan fingerprint density at radius 2 is 1.83 bits per heavy atom. The third-order valence-electron chi connectivity index (χ3n) is 5.97. The van der Waals surface area contributed by atoms with Gasteiger partial charge in [-0.05, 0) is 44.4 Å². The average molecular weight is 336 g/mol. The summed E-state index contributed by atoms with van der Waals surface area (Å²) in [6.07, 6.45) is 5.92. The van der Waals surface area contributed by atoms with Crippen LogP contribution in [0.15, 0.2) is 0 Å². The second-order valence-electron chi connectivity index (χ2n) is 7.47. The van der Waals surface area contributed by atoms with E-state index < -0.39 is 11.6 Å². The Morgan fingerprint density at radius 3 is 2.42 bits per heavy atom. The van der Waals surface area contributed by atoms with Crippen molar-refractivity contribution in [2.75, 3.05) is 19.6 Å². The van der Waals surface area contributed by atoms with Gasteiger partial charge in [0.2, 0.25) is 5.91 Å². The highest BCUT2D eigenvalue weighted by atomic mass is 16.2. The van der Waals surface area contributed by atoms with E-state index in [1.807, 2.05) is 0 Å². The lowest BCUT2D eigenvalue weighted by Gasteiger charge is -2.35. The number of amides is 4. The minimum atomic E-state index is -0.771. The topological polar surface area (TPSA) is 95.7 Å². The van der Waals surface area contributed by atoms with Crippen LogP contribution in [0.25, 0.3) is 0 Å². The first-order valence-corrected chi connectivity index (χ1v) is 9.12. The zero-order valence-electron chi connectivity index (χ0n) is 14.4. The molecule has 0 bridgehead atoms. The van der Waals surface area contributed by atoms with E-state index in [0.717, 1.165) is 37.0 Å². The molecule has 1 aliphatic carbocycles. The van der Waals surface area contributed by atoms with Gasteiger partial charge in [0.25, 0.3) is 5.91 Å². The molecule has 4 amide bonds. The number of nitrogens with one attached hydrogen (secondary N) is 1. The smallest absolute Gasteiger partial charge is 0.325 e. The Morgan fingerprint density at radius 1 is 1.21 bits per heavy atom. The van der Waals surface area contributed by atoms with Crippen LogP contribution in [-0.2, 0) is 9.59 Å². The minimum Gasteiger partial charge on any atom is -0.341 e. The van der Waals surface area contributed by atoms with E-state index in [2.05, 4.69) is 12.2 Å². The second-order valence-corrected chi connectivity index (χ2v) is 7.47. The van der Waals surface area contributed by atoms with Gasteiger partial charge in [0.05, 0.1) is 0 Å². The molecule has 1 saturated carbocycles. The summed E-state index contributed by atoms with van der Waals surface area (Å²) < 4.78 is 0. The summed E-state index contributed by atoms with van der Waals surface area (Å²) >= 11 is 0. The number of nitrogens with two attached hydrogens (primary N) is 1. The number of rotatable bonds is 3. The van der Waals surface area contributed by atoms with Crippen molar-refractivity contribution < 1.29 is 14.4 Å². The fourth-order valence-electron chi connectivity index (χ4n) is 4.12. The SMILES string of the molecule is CCC1CCC2(CC1)NC(=O)N(CC(=O)N1CCC(N)CC1)C2=O. The molecule has 2 aliphatic heterocycles. The van der Waals surface area contributed by atoms with Gasteiger partial charge in [0.15, 0.2) is 0 Å². The van der Waals surface area contributed by atoms with Crippen LogP contribution < -0.4 is 11.1 Å². The van der Waals surface area contributed by atoms with Crippen molar-refractivity contribution in [1.82, 2.24) is 15.1 Å². The highest BCUT2D eigenvalue weighted by Crippen LogP contribution is 2.37. The maximum atomic E-state index is 12.8. The molecule has 7 heteroatoms. The molecule has 0 radical (unpaired) electrons. The van der Waals surface area contributed by atoms with Crippen molar-refractivity contribution >= 4 is 17.8 Å². The zero-order valence-corrected chi connectivity index (χ0v) is 14.4. The molecule has 1 spiro atoms. The Hall–Kier alpha value is -1.63. The number of urea groups is 1. The predicted octanol–water partition coefficient (Wildman–Crippen LogP) is 0.827. The molecule has 0 aromatic carbocycles. The van der Waals surface area contributed by atoms with Crippen molar-refractivity contribution in [3.05, 3.63) is 0 Å². The van der Waals surface area contributed by atoms with E-state index in [-0.39, 0.29) is 24.4 Å². The summed E-state index contributed by atoms with van der Waals surface area (Å²) in [6.45, 7) is 3.21. The quantitative estimate of drug-likeness (QED) is 0.746. The first kappa shape index (κ1) is 17.2. The predicted molar refractivity (Wildman–Crippen MR) is 89.0 cm³/mol. The summed E-state index contributed by atoms with van der Waals surface area (Å²) in [5.74, 6) is 0.252. The van der Waals surface area contributed by atoms with Gasteiger partial charge >= 0.3 is 6.03 Å². The van der Waals surface area contributed by atoms with Gasteiger partial charge < -0.3 is 16.0 Å². The molecule has 3 aliphatic rings. The largest absolute Gasteiger partial charge is 0.341 e. The number of nitrogens with zero attached hydrogens (tertiary/aromatic N) is 2. The van der Waals surface area contributed by atoms with Gasteiger partial charge in [-0.25, -0.2) is 4.79 Å². The van der Waals surface area contributed by atoms with Gasteiger partial charge in [0.1, 0.15) is 12.1 Å². The first-order chi connectivity index (χ1) is 11.4. The Bertz CT molecular complexity index is 520. The van der Waals surface area contributed by atoms with Crippen LogP contribution in [0.1, 0.15) is 51.9 Å². The van der Waals surface area contributed by atoms with Gasteiger partial charge in [-0.1, -0.05) is 13.3 Å². The summed E-state index contributed by atoms with van der Waals surface area (Å²) in [5.41, 5.74) is 5.08. The molecule has 2 saturated heterocycles. The molecule has 3 fully saturated rings. The van der Waals surface area contributed by atoms with Gasteiger partial charge in [-0.2, -0.15) is 0 Å².